The van der Waals surface area contributed by atoms with Gasteiger partial charge in [0.05, 0.1) is 6.04 Å². The zero-order valence-electron chi connectivity index (χ0n) is 13.7. The fraction of sp³-hybridized carbons (Fsp3) is 0.941. The van der Waals surface area contributed by atoms with Crippen molar-refractivity contribution in [1.29, 1.82) is 0 Å². The van der Waals surface area contributed by atoms with Gasteiger partial charge in [-0.1, -0.05) is 26.7 Å². The molecule has 2 heterocycles. The van der Waals surface area contributed by atoms with E-state index in [1.54, 1.807) is 0 Å². The number of piperidine rings is 1. The third-order valence-corrected chi connectivity index (χ3v) is 5.14. The molecule has 0 spiro atoms. The van der Waals surface area contributed by atoms with Gasteiger partial charge in [-0.2, -0.15) is 0 Å². The Balaban J connectivity index is 1.74. The molecule has 21 heavy (non-hydrogen) atoms. The molecule has 2 N–H and O–H groups in total. The highest BCUT2D eigenvalue weighted by Gasteiger charge is 2.31. The summed E-state index contributed by atoms with van der Waals surface area (Å²) in [4.78, 5) is 14.5. The van der Waals surface area contributed by atoms with Crippen LogP contribution in [0.1, 0.15) is 52.4 Å². The van der Waals surface area contributed by atoms with E-state index in [-0.39, 0.29) is 11.9 Å². The maximum atomic E-state index is 12.5. The Hall–Kier alpha value is -0.610. The van der Waals surface area contributed by atoms with Gasteiger partial charge in [0, 0.05) is 26.3 Å². The number of nitrogens with zero attached hydrogens (tertiary/aromatic N) is 1. The normalized spacial score (nSPS) is 23.5. The first-order valence-electron chi connectivity index (χ1n) is 8.70. The Morgan fingerprint density at radius 3 is 2.38 bits per heavy atom. The number of nitrogens with two attached hydrogens (primary N) is 1. The number of carbonyl (C=O) groups is 1. The smallest absolute Gasteiger partial charge is 0.239 e. The summed E-state index contributed by atoms with van der Waals surface area (Å²) in [7, 11) is 0. The predicted octanol–water partition coefficient (Wildman–Crippen LogP) is 2.42. The van der Waals surface area contributed by atoms with Gasteiger partial charge >= 0.3 is 0 Å². The van der Waals surface area contributed by atoms with Crippen LogP contribution in [0.3, 0.4) is 0 Å². The van der Waals surface area contributed by atoms with Crippen LogP contribution in [0.2, 0.25) is 0 Å². The zero-order chi connectivity index (χ0) is 15.2. The van der Waals surface area contributed by atoms with Crippen molar-refractivity contribution in [3.05, 3.63) is 0 Å². The van der Waals surface area contributed by atoms with Crippen LogP contribution in [-0.2, 0) is 9.53 Å². The van der Waals surface area contributed by atoms with Crippen LogP contribution >= 0.6 is 0 Å². The molecular weight excluding hydrogens is 264 g/mol. The fourth-order valence-electron chi connectivity index (χ4n) is 3.50. The molecule has 122 valence electrons. The summed E-state index contributed by atoms with van der Waals surface area (Å²) < 4.78 is 5.35. The number of hydrogen-bond donors (Lipinski definition) is 1. The summed E-state index contributed by atoms with van der Waals surface area (Å²) in [6.07, 6.45) is 6.78. The molecule has 2 rings (SSSR count). The Bertz CT molecular complexity index is 319. The average molecular weight is 296 g/mol. The van der Waals surface area contributed by atoms with Gasteiger partial charge in [-0.05, 0) is 43.4 Å². The predicted molar refractivity (Wildman–Crippen MR) is 84.9 cm³/mol. The van der Waals surface area contributed by atoms with Gasteiger partial charge in [-0.25, -0.2) is 0 Å². The van der Waals surface area contributed by atoms with Gasteiger partial charge in [0.2, 0.25) is 5.91 Å². The molecule has 0 bridgehead atoms. The third kappa shape index (κ3) is 4.96. The van der Waals surface area contributed by atoms with E-state index in [9.17, 15) is 4.79 Å². The first-order chi connectivity index (χ1) is 10.1. The minimum Gasteiger partial charge on any atom is -0.381 e. The van der Waals surface area contributed by atoms with Crippen LogP contribution in [0, 0.1) is 17.8 Å². The van der Waals surface area contributed by atoms with Gasteiger partial charge in [-0.15, -0.1) is 0 Å². The molecule has 1 amide bonds. The first kappa shape index (κ1) is 16.8. The van der Waals surface area contributed by atoms with Crippen LogP contribution in [0.4, 0.5) is 0 Å². The Morgan fingerprint density at radius 2 is 1.81 bits per heavy atom. The number of rotatable bonds is 5. The van der Waals surface area contributed by atoms with E-state index in [1.165, 1.54) is 12.8 Å². The molecule has 0 aromatic heterocycles. The van der Waals surface area contributed by atoms with Crippen molar-refractivity contribution >= 4 is 5.91 Å². The molecule has 1 atom stereocenters. The topological polar surface area (TPSA) is 55.6 Å². The lowest BCUT2D eigenvalue weighted by atomic mass is 9.88. The van der Waals surface area contributed by atoms with Gasteiger partial charge in [0.15, 0.2) is 0 Å². The quantitative estimate of drug-likeness (QED) is 0.847. The lowest BCUT2D eigenvalue weighted by Gasteiger charge is -2.36. The summed E-state index contributed by atoms with van der Waals surface area (Å²) >= 11 is 0. The lowest BCUT2D eigenvalue weighted by Crippen LogP contribution is -2.51. The first-order valence-corrected chi connectivity index (χ1v) is 8.70. The molecule has 2 aliphatic heterocycles. The largest absolute Gasteiger partial charge is 0.381 e. The number of amides is 1. The lowest BCUT2D eigenvalue weighted by molar-refractivity contribution is -0.136. The van der Waals surface area contributed by atoms with Crippen LogP contribution in [0.25, 0.3) is 0 Å². The average Bonchev–Trinajstić information content (AvgIpc) is 2.53. The van der Waals surface area contributed by atoms with E-state index in [0.29, 0.717) is 5.92 Å². The highest BCUT2D eigenvalue weighted by Crippen LogP contribution is 2.25. The summed E-state index contributed by atoms with van der Waals surface area (Å²) in [5, 5.41) is 0. The fourth-order valence-corrected chi connectivity index (χ4v) is 3.50. The molecule has 4 heteroatoms. The second kappa shape index (κ2) is 8.14. The highest BCUT2D eigenvalue weighted by atomic mass is 16.5. The number of ether oxygens (including phenoxy) is 1. The second-order valence-corrected chi connectivity index (χ2v) is 7.22. The van der Waals surface area contributed by atoms with E-state index in [4.69, 9.17) is 10.5 Å². The second-order valence-electron chi connectivity index (χ2n) is 7.22. The molecular formula is C17H32N2O2. The Labute approximate surface area is 129 Å². The van der Waals surface area contributed by atoms with Crippen molar-refractivity contribution in [2.45, 2.75) is 58.4 Å². The van der Waals surface area contributed by atoms with Crippen LogP contribution in [0.5, 0.6) is 0 Å². The maximum Gasteiger partial charge on any atom is 0.239 e. The van der Waals surface area contributed by atoms with Crippen molar-refractivity contribution in [2.24, 2.45) is 23.5 Å². The molecule has 0 saturated carbocycles. The standard InChI is InChI=1S/C17H32N2O2/c1-13(2)3-4-14-5-9-19(10-6-14)17(20)16(18)15-7-11-21-12-8-15/h13-16H,3-12,18H2,1-2H3. The SMILES string of the molecule is CC(C)CCC1CCN(C(=O)C(N)C2CCOCC2)CC1. The molecule has 0 aliphatic carbocycles. The van der Waals surface area contributed by atoms with Gasteiger partial charge < -0.3 is 15.4 Å². The molecule has 0 aromatic rings. The summed E-state index contributed by atoms with van der Waals surface area (Å²) in [5.74, 6) is 2.07. The highest BCUT2D eigenvalue weighted by molar-refractivity contribution is 5.82. The third-order valence-electron chi connectivity index (χ3n) is 5.14. The van der Waals surface area contributed by atoms with E-state index < -0.39 is 0 Å². The molecule has 1 unspecified atom stereocenters. The molecule has 0 aromatic carbocycles. The molecule has 2 fully saturated rings. The number of likely N-dealkylation sites (tertiary alicyclic amines) is 1. The summed E-state index contributed by atoms with van der Waals surface area (Å²) in [5.41, 5.74) is 6.21. The summed E-state index contributed by atoms with van der Waals surface area (Å²) in [6.45, 7) is 7.88. The van der Waals surface area contributed by atoms with Gasteiger partial charge in [0.1, 0.15) is 0 Å². The van der Waals surface area contributed by atoms with E-state index in [1.807, 2.05) is 4.90 Å². The monoisotopic (exact) mass is 296 g/mol. The minimum atomic E-state index is -0.318. The van der Waals surface area contributed by atoms with Gasteiger partial charge in [-0.3, -0.25) is 4.79 Å². The van der Waals surface area contributed by atoms with Crippen LogP contribution in [-0.4, -0.2) is 43.2 Å². The molecule has 2 aliphatic rings. The van der Waals surface area contributed by atoms with Crippen LogP contribution in [0.15, 0.2) is 0 Å². The van der Waals surface area contributed by atoms with Gasteiger partial charge in [0.25, 0.3) is 0 Å². The van der Waals surface area contributed by atoms with E-state index in [0.717, 1.165) is 63.8 Å². The molecule has 0 radical (unpaired) electrons. The van der Waals surface area contributed by atoms with E-state index in [2.05, 4.69) is 13.8 Å². The minimum absolute atomic E-state index is 0.171. The van der Waals surface area contributed by atoms with Crippen LogP contribution < -0.4 is 5.73 Å². The maximum absolute atomic E-state index is 12.5. The number of hydrogen-bond acceptors (Lipinski definition) is 3. The zero-order valence-corrected chi connectivity index (χ0v) is 13.7. The van der Waals surface area contributed by atoms with Crippen molar-refractivity contribution < 1.29 is 9.53 Å². The Morgan fingerprint density at radius 1 is 1.19 bits per heavy atom. The van der Waals surface area contributed by atoms with E-state index >= 15 is 0 Å². The Kier molecular flexibility index (Phi) is 6.49. The number of carbonyl (C=O) groups excluding carboxylic acids is 1. The van der Waals surface area contributed by atoms with Crippen molar-refractivity contribution in [3.63, 3.8) is 0 Å². The van der Waals surface area contributed by atoms with Crippen molar-refractivity contribution in [3.8, 4) is 0 Å². The van der Waals surface area contributed by atoms with Crippen molar-refractivity contribution in [1.82, 2.24) is 4.90 Å². The molecule has 4 nitrogen and oxygen atoms in total. The summed E-state index contributed by atoms with van der Waals surface area (Å²) in [6, 6.07) is -0.318. The van der Waals surface area contributed by atoms with Crippen molar-refractivity contribution in [2.75, 3.05) is 26.3 Å². The molecule has 2 saturated heterocycles.